The second-order valence-electron chi connectivity index (χ2n) is 4.52. The van der Waals surface area contributed by atoms with Gasteiger partial charge >= 0.3 is 0 Å². The van der Waals surface area contributed by atoms with Crippen LogP contribution in [0.1, 0.15) is 19.3 Å². The van der Waals surface area contributed by atoms with Gasteiger partial charge in [0.1, 0.15) is 5.25 Å². The maximum absolute atomic E-state index is 12.5. The molecular weight excluding hydrogens is 280 g/mol. The molecule has 1 aromatic heterocycles. The highest BCUT2D eigenvalue weighted by atomic mass is 32.2. The van der Waals surface area contributed by atoms with Crippen molar-refractivity contribution in [3.63, 3.8) is 0 Å². The molecule has 3 rings (SSSR count). The van der Waals surface area contributed by atoms with Gasteiger partial charge in [0.05, 0.1) is 21.0 Å². The fraction of sp³-hybridized carbons (Fsp3) is 0.385. The van der Waals surface area contributed by atoms with Crippen LogP contribution in [0.4, 0.5) is 0 Å². The highest BCUT2D eigenvalue weighted by Crippen LogP contribution is 2.27. The van der Waals surface area contributed by atoms with Crippen molar-refractivity contribution < 1.29 is 9.00 Å². The van der Waals surface area contributed by atoms with Crippen LogP contribution in [0.5, 0.6) is 0 Å². The maximum Gasteiger partial charge on any atom is 0.236 e. The maximum atomic E-state index is 12.5. The number of fused-ring (bicyclic) bond motifs is 1. The SMILES string of the molecule is O=C1NCCCCC1S(=O)c1nc2ccccc2s1. The number of thiazole rings is 1. The van der Waals surface area contributed by atoms with E-state index in [-0.39, 0.29) is 5.91 Å². The first-order chi connectivity index (χ1) is 9.25. The van der Waals surface area contributed by atoms with Crippen LogP contribution < -0.4 is 5.32 Å². The largest absolute Gasteiger partial charge is 0.355 e. The minimum Gasteiger partial charge on any atom is -0.355 e. The summed E-state index contributed by atoms with van der Waals surface area (Å²) in [4.78, 5) is 16.3. The summed E-state index contributed by atoms with van der Waals surface area (Å²) in [5, 5.41) is 2.37. The molecule has 1 fully saturated rings. The second-order valence-corrected chi connectivity index (χ2v) is 7.36. The van der Waals surface area contributed by atoms with E-state index in [1.54, 1.807) is 0 Å². The zero-order valence-electron chi connectivity index (χ0n) is 10.3. The summed E-state index contributed by atoms with van der Waals surface area (Å²) in [5.41, 5.74) is 0.852. The van der Waals surface area contributed by atoms with Gasteiger partial charge in [-0.25, -0.2) is 4.98 Å². The smallest absolute Gasteiger partial charge is 0.236 e. The van der Waals surface area contributed by atoms with Gasteiger partial charge in [0.15, 0.2) is 4.34 Å². The number of rotatable bonds is 2. The lowest BCUT2D eigenvalue weighted by atomic mass is 10.2. The van der Waals surface area contributed by atoms with Gasteiger partial charge in [-0.2, -0.15) is 0 Å². The first kappa shape index (κ1) is 12.7. The molecule has 2 aromatic rings. The third kappa shape index (κ3) is 2.55. The zero-order valence-corrected chi connectivity index (χ0v) is 11.9. The third-order valence-corrected chi connectivity index (χ3v) is 6.17. The van der Waals surface area contributed by atoms with E-state index in [0.29, 0.717) is 17.3 Å². The van der Waals surface area contributed by atoms with Crippen LogP contribution in [0.2, 0.25) is 0 Å². The molecule has 2 heterocycles. The summed E-state index contributed by atoms with van der Waals surface area (Å²) in [6, 6.07) is 7.71. The van der Waals surface area contributed by atoms with Crippen LogP contribution in [0.3, 0.4) is 0 Å². The van der Waals surface area contributed by atoms with E-state index in [0.717, 1.165) is 23.1 Å². The monoisotopic (exact) mass is 294 g/mol. The Kier molecular flexibility index (Phi) is 3.61. The summed E-state index contributed by atoms with van der Waals surface area (Å²) in [5.74, 6) is -0.102. The summed E-state index contributed by atoms with van der Waals surface area (Å²) >= 11 is 1.42. The second kappa shape index (κ2) is 5.38. The van der Waals surface area contributed by atoms with E-state index in [1.807, 2.05) is 24.3 Å². The molecule has 1 aliphatic rings. The number of aromatic nitrogens is 1. The molecule has 6 heteroatoms. The minimum atomic E-state index is -1.35. The number of hydrogen-bond donors (Lipinski definition) is 1. The standard InChI is InChI=1S/C13H14N2O2S2/c16-12-11(7-3-4-8-14-12)19(17)13-15-9-5-1-2-6-10(9)18-13/h1-2,5-6,11H,3-4,7-8H2,(H,14,16). The Morgan fingerprint density at radius 2 is 2.16 bits per heavy atom. The van der Waals surface area contributed by atoms with E-state index in [4.69, 9.17) is 0 Å². The highest BCUT2D eigenvalue weighted by Gasteiger charge is 2.29. The molecule has 1 saturated heterocycles. The van der Waals surface area contributed by atoms with Gasteiger partial charge in [0.2, 0.25) is 5.91 Å². The minimum absolute atomic E-state index is 0.102. The number of hydrogen-bond acceptors (Lipinski definition) is 4. The van der Waals surface area contributed by atoms with E-state index in [9.17, 15) is 9.00 Å². The number of amides is 1. The van der Waals surface area contributed by atoms with Gasteiger partial charge in [0.25, 0.3) is 0 Å². The van der Waals surface area contributed by atoms with Gasteiger partial charge in [-0.1, -0.05) is 12.1 Å². The fourth-order valence-electron chi connectivity index (χ4n) is 2.17. The van der Waals surface area contributed by atoms with Crippen molar-refractivity contribution in [3.8, 4) is 0 Å². The molecule has 1 amide bonds. The van der Waals surface area contributed by atoms with Crippen LogP contribution >= 0.6 is 11.3 Å². The number of nitrogens with zero attached hydrogens (tertiary/aromatic N) is 1. The van der Waals surface area contributed by atoms with Gasteiger partial charge < -0.3 is 5.32 Å². The Hall–Kier alpha value is -1.27. The lowest BCUT2D eigenvalue weighted by Crippen LogP contribution is -2.35. The van der Waals surface area contributed by atoms with Crippen LogP contribution in [0, 0.1) is 0 Å². The third-order valence-electron chi connectivity index (χ3n) is 3.19. The molecule has 100 valence electrons. The number of carbonyl (C=O) groups is 1. The van der Waals surface area contributed by atoms with Crippen molar-refractivity contribution in [1.29, 1.82) is 0 Å². The van der Waals surface area contributed by atoms with Gasteiger partial charge in [-0.3, -0.25) is 9.00 Å². The molecular formula is C13H14N2O2S2. The summed E-state index contributed by atoms with van der Waals surface area (Å²) < 4.78 is 14.1. The Bertz CT molecular complexity index is 605. The number of para-hydroxylation sites is 1. The van der Waals surface area contributed by atoms with Crippen molar-refractivity contribution >= 4 is 38.3 Å². The van der Waals surface area contributed by atoms with Crippen molar-refractivity contribution in [2.75, 3.05) is 6.54 Å². The van der Waals surface area contributed by atoms with Crippen molar-refractivity contribution in [1.82, 2.24) is 10.3 Å². The highest BCUT2D eigenvalue weighted by molar-refractivity contribution is 7.88. The number of nitrogens with one attached hydrogen (secondary N) is 1. The van der Waals surface area contributed by atoms with Gasteiger partial charge in [-0.05, 0) is 31.4 Å². The van der Waals surface area contributed by atoms with Crippen molar-refractivity contribution in [2.45, 2.75) is 28.9 Å². The molecule has 1 aliphatic heterocycles. The molecule has 2 unspecified atom stereocenters. The molecule has 19 heavy (non-hydrogen) atoms. The summed E-state index contributed by atoms with van der Waals surface area (Å²) in [7, 11) is -1.35. The Labute approximate surface area is 117 Å². The lowest BCUT2D eigenvalue weighted by molar-refractivity contribution is -0.120. The van der Waals surface area contributed by atoms with E-state index >= 15 is 0 Å². The van der Waals surface area contributed by atoms with Crippen LogP contribution in [0.25, 0.3) is 10.2 Å². The van der Waals surface area contributed by atoms with Gasteiger partial charge in [0, 0.05) is 6.54 Å². The normalized spacial score (nSPS) is 21.9. The first-order valence-electron chi connectivity index (χ1n) is 6.29. The fourth-order valence-corrected chi connectivity index (χ4v) is 4.91. The molecule has 0 saturated carbocycles. The molecule has 0 radical (unpaired) electrons. The predicted molar refractivity (Wildman–Crippen MR) is 76.7 cm³/mol. The molecule has 0 bridgehead atoms. The van der Waals surface area contributed by atoms with Crippen molar-refractivity contribution in [2.24, 2.45) is 0 Å². The summed E-state index contributed by atoms with van der Waals surface area (Å²) in [6.45, 7) is 0.687. The molecule has 0 aliphatic carbocycles. The average molecular weight is 294 g/mol. The Morgan fingerprint density at radius 3 is 3.00 bits per heavy atom. The molecule has 4 nitrogen and oxygen atoms in total. The average Bonchev–Trinajstić information content (AvgIpc) is 2.74. The Balaban J connectivity index is 1.91. The molecule has 2 atom stereocenters. The first-order valence-corrected chi connectivity index (χ1v) is 8.32. The predicted octanol–water partition coefficient (Wildman–Crippen LogP) is 2.07. The summed E-state index contributed by atoms with van der Waals surface area (Å²) in [6.07, 6.45) is 2.56. The topological polar surface area (TPSA) is 59.1 Å². The van der Waals surface area contributed by atoms with Gasteiger partial charge in [-0.15, -0.1) is 11.3 Å². The molecule has 1 N–H and O–H groups in total. The molecule has 1 aromatic carbocycles. The molecule has 0 spiro atoms. The van der Waals surface area contributed by atoms with E-state index in [1.165, 1.54) is 11.3 Å². The van der Waals surface area contributed by atoms with Crippen molar-refractivity contribution in [3.05, 3.63) is 24.3 Å². The Morgan fingerprint density at radius 1 is 1.32 bits per heavy atom. The number of carbonyl (C=O) groups excluding carboxylic acids is 1. The van der Waals surface area contributed by atoms with Crippen LogP contribution in [-0.4, -0.2) is 26.9 Å². The quantitative estimate of drug-likeness (QED) is 0.922. The lowest BCUT2D eigenvalue weighted by Gasteiger charge is -2.10. The van der Waals surface area contributed by atoms with E-state index < -0.39 is 16.0 Å². The zero-order chi connectivity index (χ0) is 13.2. The number of benzene rings is 1. The van der Waals surface area contributed by atoms with E-state index in [2.05, 4.69) is 10.3 Å². The van der Waals surface area contributed by atoms with Crippen LogP contribution in [-0.2, 0) is 15.6 Å². The van der Waals surface area contributed by atoms with Crippen LogP contribution in [0.15, 0.2) is 28.6 Å².